The second-order valence-corrected chi connectivity index (χ2v) is 3.38. The van der Waals surface area contributed by atoms with E-state index in [-0.39, 0.29) is 6.61 Å². The number of hydrogen-bond donors (Lipinski definition) is 0. The van der Waals surface area contributed by atoms with Gasteiger partial charge in [-0.1, -0.05) is 12.1 Å². The minimum absolute atomic E-state index is 0.128. The molecule has 1 aromatic rings. The summed E-state index contributed by atoms with van der Waals surface area (Å²) in [5, 5.41) is 0. The Kier molecular flexibility index (Phi) is 5.03. The highest BCUT2D eigenvalue weighted by Crippen LogP contribution is 2.21. The molecule has 0 aliphatic heterocycles. The predicted molar refractivity (Wildman–Crippen MR) is 59.4 cm³/mol. The molecule has 0 saturated heterocycles. The predicted octanol–water partition coefficient (Wildman–Crippen LogP) is 2.37. The van der Waals surface area contributed by atoms with E-state index in [2.05, 4.69) is 9.47 Å². The van der Waals surface area contributed by atoms with Crippen molar-refractivity contribution < 1.29 is 27.8 Å². The summed E-state index contributed by atoms with van der Waals surface area (Å²) in [6, 6.07) is 6.44. The Balaban J connectivity index is 2.60. The minimum Gasteiger partial charge on any atom is -0.497 e. The largest absolute Gasteiger partial charge is 0.497 e. The summed E-state index contributed by atoms with van der Waals surface area (Å²) in [6.07, 6.45) is -3.95. The molecule has 0 spiro atoms. The number of benzene rings is 1. The maximum atomic E-state index is 13.1. The average Bonchev–Trinajstić information content (AvgIpc) is 2.37. The van der Waals surface area contributed by atoms with Crippen molar-refractivity contribution in [3.05, 3.63) is 29.8 Å². The third kappa shape index (κ3) is 3.96. The van der Waals surface area contributed by atoms with Crippen molar-refractivity contribution >= 4 is 5.97 Å². The number of methoxy groups -OCH3 is 1. The van der Waals surface area contributed by atoms with Gasteiger partial charge in [0.2, 0.25) is 0 Å². The van der Waals surface area contributed by atoms with Crippen LogP contribution in [-0.2, 0) is 20.9 Å². The average molecular weight is 260 g/mol. The number of ether oxygens (including phenoxy) is 3. The fourth-order valence-electron chi connectivity index (χ4n) is 1.21. The molecular formula is C12H14F2O4. The number of carbonyl (C=O) groups excluding carboxylic acids is 1. The van der Waals surface area contributed by atoms with Crippen LogP contribution in [0.2, 0.25) is 0 Å². The molecule has 1 rings (SSSR count). The topological polar surface area (TPSA) is 44.8 Å². The van der Waals surface area contributed by atoms with Crippen LogP contribution < -0.4 is 4.74 Å². The van der Waals surface area contributed by atoms with E-state index >= 15 is 0 Å². The zero-order valence-electron chi connectivity index (χ0n) is 10.1. The van der Waals surface area contributed by atoms with Gasteiger partial charge in [-0.25, -0.2) is 4.79 Å². The summed E-state index contributed by atoms with van der Waals surface area (Å²) in [5.41, 5.74) is 0.471. The zero-order chi connectivity index (χ0) is 13.6. The van der Waals surface area contributed by atoms with E-state index in [0.717, 1.165) is 0 Å². The third-order valence-electron chi connectivity index (χ3n) is 2.07. The van der Waals surface area contributed by atoms with E-state index in [9.17, 15) is 13.6 Å². The van der Waals surface area contributed by atoms with E-state index in [1.165, 1.54) is 14.0 Å². The second-order valence-electron chi connectivity index (χ2n) is 3.38. The first-order valence-electron chi connectivity index (χ1n) is 5.31. The lowest BCUT2D eigenvalue weighted by Gasteiger charge is -2.15. The number of hydrogen-bond acceptors (Lipinski definition) is 4. The molecule has 0 aliphatic rings. The molecule has 0 aliphatic carbocycles. The molecule has 0 aromatic heterocycles. The second kappa shape index (κ2) is 6.30. The molecule has 6 heteroatoms. The lowest BCUT2D eigenvalue weighted by Crippen LogP contribution is -2.33. The zero-order valence-corrected chi connectivity index (χ0v) is 10.1. The summed E-state index contributed by atoms with van der Waals surface area (Å²) < 4.78 is 39.7. The SMILES string of the molecule is CCOC(=O)C(F)(F)OCc1cccc(OC)c1. The highest BCUT2D eigenvalue weighted by atomic mass is 19.3. The van der Waals surface area contributed by atoms with Crippen molar-refractivity contribution in [1.82, 2.24) is 0 Å². The molecule has 0 N–H and O–H groups in total. The number of esters is 1. The van der Waals surface area contributed by atoms with Crippen molar-refractivity contribution in [2.24, 2.45) is 0 Å². The number of rotatable bonds is 6. The van der Waals surface area contributed by atoms with Crippen LogP contribution in [0, 0.1) is 0 Å². The summed E-state index contributed by atoms with van der Waals surface area (Å²) in [4.78, 5) is 10.9. The highest BCUT2D eigenvalue weighted by Gasteiger charge is 2.42. The Morgan fingerprint density at radius 2 is 2.11 bits per heavy atom. The molecule has 0 bridgehead atoms. The van der Waals surface area contributed by atoms with Crippen LogP contribution in [0.3, 0.4) is 0 Å². The monoisotopic (exact) mass is 260 g/mol. The normalized spacial score (nSPS) is 11.1. The molecule has 0 radical (unpaired) electrons. The van der Waals surface area contributed by atoms with Crippen molar-refractivity contribution in [3.8, 4) is 5.75 Å². The van der Waals surface area contributed by atoms with Gasteiger partial charge in [-0.05, 0) is 24.6 Å². The third-order valence-corrected chi connectivity index (χ3v) is 2.07. The molecule has 0 heterocycles. The van der Waals surface area contributed by atoms with Crippen LogP contribution in [0.5, 0.6) is 5.75 Å². The van der Waals surface area contributed by atoms with Gasteiger partial charge in [-0.3, -0.25) is 0 Å². The fraction of sp³-hybridized carbons (Fsp3) is 0.417. The molecular weight excluding hydrogens is 246 g/mol. The van der Waals surface area contributed by atoms with Crippen molar-refractivity contribution in [2.45, 2.75) is 19.6 Å². The fourth-order valence-corrected chi connectivity index (χ4v) is 1.21. The summed E-state index contributed by atoms with van der Waals surface area (Å²) in [5.74, 6) is -1.16. The number of halogens is 2. The van der Waals surface area contributed by atoms with Crippen LogP contribution in [0.4, 0.5) is 8.78 Å². The molecule has 4 nitrogen and oxygen atoms in total. The summed E-state index contributed by atoms with van der Waals surface area (Å²) >= 11 is 0. The number of carbonyl (C=O) groups is 1. The minimum atomic E-state index is -3.95. The molecule has 100 valence electrons. The lowest BCUT2D eigenvalue weighted by atomic mass is 10.2. The van der Waals surface area contributed by atoms with Gasteiger partial charge in [0.15, 0.2) is 0 Å². The smallest absolute Gasteiger partial charge is 0.456 e. The Morgan fingerprint density at radius 1 is 1.39 bits per heavy atom. The van der Waals surface area contributed by atoms with Crippen molar-refractivity contribution in [1.29, 1.82) is 0 Å². The Hall–Kier alpha value is -1.69. The van der Waals surface area contributed by atoms with Crippen molar-refractivity contribution in [3.63, 3.8) is 0 Å². The van der Waals surface area contributed by atoms with E-state index in [0.29, 0.717) is 11.3 Å². The number of alkyl halides is 2. The summed E-state index contributed by atoms with van der Waals surface area (Å²) in [6.45, 7) is 0.899. The maximum absolute atomic E-state index is 13.1. The summed E-state index contributed by atoms with van der Waals surface area (Å²) in [7, 11) is 1.47. The van der Waals surface area contributed by atoms with Crippen LogP contribution in [0.25, 0.3) is 0 Å². The first-order chi connectivity index (χ1) is 8.49. The standard InChI is InChI=1S/C12H14F2O4/c1-3-17-11(15)12(13,14)18-8-9-5-4-6-10(7-9)16-2/h4-7H,3,8H2,1-2H3. The molecule has 0 amide bonds. The Bertz CT molecular complexity index is 407. The van der Waals surface area contributed by atoms with Gasteiger partial charge >= 0.3 is 12.1 Å². The van der Waals surface area contributed by atoms with Gasteiger partial charge < -0.3 is 14.2 Å². The highest BCUT2D eigenvalue weighted by molar-refractivity contribution is 5.75. The Morgan fingerprint density at radius 3 is 2.72 bits per heavy atom. The van der Waals surface area contributed by atoms with Gasteiger partial charge in [-0.15, -0.1) is 0 Å². The van der Waals surface area contributed by atoms with Gasteiger partial charge in [0.05, 0.1) is 20.3 Å². The van der Waals surface area contributed by atoms with Gasteiger partial charge in [0.25, 0.3) is 0 Å². The molecule has 0 fully saturated rings. The molecule has 0 saturated carbocycles. The van der Waals surface area contributed by atoms with Gasteiger partial charge in [0, 0.05) is 0 Å². The van der Waals surface area contributed by atoms with Gasteiger partial charge in [0.1, 0.15) is 5.75 Å². The lowest BCUT2D eigenvalue weighted by molar-refractivity contribution is -0.254. The van der Waals surface area contributed by atoms with Gasteiger partial charge in [-0.2, -0.15) is 8.78 Å². The van der Waals surface area contributed by atoms with Crippen LogP contribution >= 0.6 is 0 Å². The van der Waals surface area contributed by atoms with E-state index in [4.69, 9.17) is 4.74 Å². The molecule has 1 aromatic carbocycles. The van der Waals surface area contributed by atoms with Crippen LogP contribution in [-0.4, -0.2) is 25.8 Å². The maximum Gasteiger partial charge on any atom is 0.456 e. The van der Waals surface area contributed by atoms with E-state index in [1.807, 2.05) is 0 Å². The molecule has 0 unspecified atom stereocenters. The van der Waals surface area contributed by atoms with E-state index < -0.39 is 18.7 Å². The van der Waals surface area contributed by atoms with Crippen LogP contribution in [0.1, 0.15) is 12.5 Å². The van der Waals surface area contributed by atoms with E-state index in [1.54, 1.807) is 24.3 Å². The first-order valence-corrected chi connectivity index (χ1v) is 5.31. The molecule has 0 atom stereocenters. The molecule has 18 heavy (non-hydrogen) atoms. The quantitative estimate of drug-likeness (QED) is 0.736. The van der Waals surface area contributed by atoms with Crippen LogP contribution in [0.15, 0.2) is 24.3 Å². The Labute approximate surface area is 103 Å². The first kappa shape index (κ1) is 14.4. The van der Waals surface area contributed by atoms with Crippen molar-refractivity contribution in [2.75, 3.05) is 13.7 Å².